The van der Waals surface area contributed by atoms with E-state index >= 15 is 0 Å². The molecule has 3 saturated carbocycles. The van der Waals surface area contributed by atoms with Gasteiger partial charge in [0.05, 0.1) is 0 Å². The molecule has 0 aromatic rings. The SMILES string of the molecule is CC1(C)C2CCC1C2. The van der Waals surface area contributed by atoms with E-state index in [0.717, 1.165) is 17.3 Å². The van der Waals surface area contributed by atoms with E-state index in [1.165, 1.54) is 12.8 Å². The summed E-state index contributed by atoms with van der Waals surface area (Å²) >= 11 is 0. The Morgan fingerprint density at radius 3 is 1.75 bits per heavy atom. The van der Waals surface area contributed by atoms with E-state index in [9.17, 15) is 0 Å². The van der Waals surface area contributed by atoms with Crippen molar-refractivity contribution in [1.82, 2.24) is 0 Å². The molecule has 0 spiro atoms. The summed E-state index contributed by atoms with van der Waals surface area (Å²) in [6, 6.07) is 0. The second-order valence-electron chi connectivity index (χ2n) is 4.03. The van der Waals surface area contributed by atoms with Gasteiger partial charge in [0.1, 0.15) is 0 Å². The normalized spacial score (nSPS) is 48.8. The van der Waals surface area contributed by atoms with Gasteiger partial charge in [0.2, 0.25) is 0 Å². The number of hydrogen-bond acceptors (Lipinski definition) is 0. The first-order valence-electron chi connectivity index (χ1n) is 3.71. The van der Waals surface area contributed by atoms with Crippen LogP contribution in [0.5, 0.6) is 0 Å². The highest BCUT2D eigenvalue weighted by molar-refractivity contribution is 5.02. The molecule has 0 amide bonds. The lowest BCUT2D eigenvalue weighted by Gasteiger charge is -2.44. The van der Waals surface area contributed by atoms with Crippen LogP contribution in [0.4, 0.5) is 0 Å². The third-order valence-electron chi connectivity index (χ3n) is 3.54. The quantitative estimate of drug-likeness (QED) is 0.449. The highest BCUT2D eigenvalue weighted by atomic mass is 14.6. The Kier molecular flexibility index (Phi) is 0.678. The third kappa shape index (κ3) is 0.340. The Morgan fingerprint density at radius 1 is 1.12 bits per heavy atom. The van der Waals surface area contributed by atoms with Crippen molar-refractivity contribution in [3.63, 3.8) is 0 Å². The maximum Gasteiger partial charge on any atom is -0.0297 e. The number of rotatable bonds is 0. The maximum absolute atomic E-state index is 2.43. The Hall–Kier alpha value is 0. The zero-order valence-electron chi connectivity index (χ0n) is 5.78. The van der Waals surface area contributed by atoms with Gasteiger partial charge in [-0.25, -0.2) is 0 Å². The molecule has 0 heterocycles. The Bertz CT molecular complexity index is 97.2. The van der Waals surface area contributed by atoms with E-state index in [4.69, 9.17) is 0 Å². The molecule has 0 heteroatoms. The maximum atomic E-state index is 2.43. The molecule has 3 aliphatic rings. The van der Waals surface area contributed by atoms with Crippen LogP contribution in [0.25, 0.3) is 0 Å². The molecule has 0 radical (unpaired) electrons. The van der Waals surface area contributed by atoms with Gasteiger partial charge in [-0.05, 0) is 36.5 Å². The van der Waals surface area contributed by atoms with Crippen LogP contribution in [0.2, 0.25) is 0 Å². The summed E-state index contributed by atoms with van der Waals surface area (Å²) in [5, 5.41) is 0. The summed E-state index contributed by atoms with van der Waals surface area (Å²) in [6.07, 6.45) is 4.60. The van der Waals surface area contributed by atoms with Gasteiger partial charge < -0.3 is 0 Å². The van der Waals surface area contributed by atoms with Crippen molar-refractivity contribution in [3.8, 4) is 0 Å². The summed E-state index contributed by atoms with van der Waals surface area (Å²) < 4.78 is 0. The van der Waals surface area contributed by atoms with E-state index in [1.807, 2.05) is 0 Å². The van der Waals surface area contributed by atoms with Crippen LogP contribution in [0, 0.1) is 17.3 Å². The van der Waals surface area contributed by atoms with Crippen LogP contribution < -0.4 is 0 Å². The highest BCUT2D eigenvalue weighted by Crippen LogP contribution is 2.61. The average Bonchev–Trinajstić information content (AvgIpc) is 2.18. The minimum Gasteiger partial charge on any atom is -0.0594 e. The predicted octanol–water partition coefficient (Wildman–Crippen LogP) is 2.44. The number of fused-ring (bicyclic) bond motifs is 1. The molecule has 3 aliphatic carbocycles. The van der Waals surface area contributed by atoms with Crippen molar-refractivity contribution in [2.75, 3.05) is 0 Å². The van der Waals surface area contributed by atoms with Crippen LogP contribution in [0.3, 0.4) is 0 Å². The highest BCUT2D eigenvalue weighted by Gasteiger charge is 2.52. The van der Waals surface area contributed by atoms with E-state index in [-0.39, 0.29) is 0 Å². The van der Waals surface area contributed by atoms with Crippen LogP contribution in [0.1, 0.15) is 33.1 Å². The Balaban J connectivity index is 2.23. The first kappa shape index (κ1) is 4.84. The first-order valence-corrected chi connectivity index (χ1v) is 3.71. The molecule has 2 bridgehead atoms. The molecular formula is C8H14. The predicted molar refractivity (Wildman–Crippen MR) is 34.6 cm³/mol. The van der Waals surface area contributed by atoms with E-state index in [1.54, 1.807) is 6.42 Å². The van der Waals surface area contributed by atoms with Gasteiger partial charge in [-0.2, -0.15) is 0 Å². The van der Waals surface area contributed by atoms with Crippen LogP contribution in [-0.2, 0) is 0 Å². The van der Waals surface area contributed by atoms with Crippen molar-refractivity contribution in [2.24, 2.45) is 17.3 Å². The fourth-order valence-electron chi connectivity index (χ4n) is 2.51. The first-order chi connectivity index (χ1) is 3.71. The van der Waals surface area contributed by atoms with E-state index in [2.05, 4.69) is 13.8 Å². The van der Waals surface area contributed by atoms with Crippen molar-refractivity contribution < 1.29 is 0 Å². The Labute approximate surface area is 51.3 Å². The summed E-state index contributed by atoms with van der Waals surface area (Å²) in [5.74, 6) is 2.21. The smallest absolute Gasteiger partial charge is 0.0297 e. The molecule has 0 aromatic carbocycles. The lowest BCUT2D eigenvalue weighted by atomic mass is 9.61. The molecule has 0 aromatic heterocycles. The van der Waals surface area contributed by atoms with Gasteiger partial charge in [0.25, 0.3) is 0 Å². The van der Waals surface area contributed by atoms with E-state index < -0.39 is 0 Å². The lowest BCUT2D eigenvalue weighted by molar-refractivity contribution is 0.0523. The second kappa shape index (κ2) is 1.12. The summed E-state index contributed by atoms with van der Waals surface area (Å²) in [7, 11) is 0. The molecule has 2 unspecified atom stereocenters. The molecule has 46 valence electrons. The van der Waals surface area contributed by atoms with Gasteiger partial charge in [0.15, 0.2) is 0 Å². The van der Waals surface area contributed by atoms with Gasteiger partial charge >= 0.3 is 0 Å². The topological polar surface area (TPSA) is 0 Å². The monoisotopic (exact) mass is 110 g/mol. The molecule has 8 heavy (non-hydrogen) atoms. The third-order valence-corrected chi connectivity index (χ3v) is 3.54. The molecule has 0 nitrogen and oxygen atoms in total. The second-order valence-corrected chi connectivity index (χ2v) is 4.03. The van der Waals surface area contributed by atoms with Crippen LogP contribution in [0.15, 0.2) is 0 Å². The van der Waals surface area contributed by atoms with E-state index in [0.29, 0.717) is 0 Å². The Morgan fingerprint density at radius 2 is 1.62 bits per heavy atom. The number of hydrogen-bond donors (Lipinski definition) is 0. The fourth-order valence-corrected chi connectivity index (χ4v) is 2.51. The van der Waals surface area contributed by atoms with Crippen molar-refractivity contribution in [1.29, 1.82) is 0 Å². The zero-order valence-corrected chi connectivity index (χ0v) is 5.78. The lowest BCUT2D eigenvalue weighted by Crippen LogP contribution is -2.36. The van der Waals surface area contributed by atoms with Gasteiger partial charge in [-0.15, -0.1) is 0 Å². The van der Waals surface area contributed by atoms with Crippen molar-refractivity contribution >= 4 is 0 Å². The average molecular weight is 110 g/mol. The summed E-state index contributed by atoms with van der Waals surface area (Å²) in [6.45, 7) is 4.86. The van der Waals surface area contributed by atoms with Crippen LogP contribution in [-0.4, -0.2) is 0 Å². The molecule has 0 aliphatic heterocycles. The van der Waals surface area contributed by atoms with Gasteiger partial charge in [-0.1, -0.05) is 13.8 Å². The molecule has 0 saturated heterocycles. The molecular weight excluding hydrogens is 96.1 g/mol. The minimum absolute atomic E-state index is 0.750. The molecule has 3 fully saturated rings. The molecule has 0 N–H and O–H groups in total. The summed E-state index contributed by atoms with van der Waals surface area (Å²) in [4.78, 5) is 0. The zero-order chi connectivity index (χ0) is 5.78. The molecule has 2 atom stereocenters. The summed E-state index contributed by atoms with van der Waals surface area (Å²) in [5.41, 5.74) is 0.750. The largest absolute Gasteiger partial charge is 0.0594 e. The molecule has 3 rings (SSSR count). The standard InChI is InChI=1S/C8H14/c1-8(2)6-3-4-7(8)5-6/h6-7H,3-5H2,1-2H3. The van der Waals surface area contributed by atoms with Gasteiger partial charge in [0, 0.05) is 0 Å². The van der Waals surface area contributed by atoms with Gasteiger partial charge in [-0.3, -0.25) is 0 Å². The van der Waals surface area contributed by atoms with Crippen molar-refractivity contribution in [2.45, 2.75) is 33.1 Å². The minimum atomic E-state index is 0.750. The van der Waals surface area contributed by atoms with Crippen LogP contribution >= 0.6 is 0 Å². The van der Waals surface area contributed by atoms with Crippen molar-refractivity contribution in [3.05, 3.63) is 0 Å². The fraction of sp³-hybridized carbons (Fsp3) is 1.00.